The average molecular weight is 359 g/mol. The summed E-state index contributed by atoms with van der Waals surface area (Å²) >= 11 is 1.42. The summed E-state index contributed by atoms with van der Waals surface area (Å²) < 4.78 is 0. The number of carbonyl (C=O) groups excluding carboxylic acids is 1. The van der Waals surface area contributed by atoms with Gasteiger partial charge in [0, 0.05) is 17.8 Å². The van der Waals surface area contributed by atoms with Gasteiger partial charge in [-0.15, -0.1) is 10.2 Å². The first-order valence-electron chi connectivity index (χ1n) is 8.71. The number of anilines is 3. The van der Waals surface area contributed by atoms with Gasteiger partial charge in [0.15, 0.2) is 0 Å². The van der Waals surface area contributed by atoms with Crippen LogP contribution in [0.25, 0.3) is 0 Å². The molecule has 2 aromatic rings. The van der Waals surface area contributed by atoms with Crippen LogP contribution in [0.4, 0.5) is 20.7 Å². The number of nitrogens with zero attached hydrogens (tertiary/aromatic N) is 3. The second-order valence-corrected chi connectivity index (χ2v) is 7.78. The summed E-state index contributed by atoms with van der Waals surface area (Å²) in [6.45, 7) is 8.41. The molecule has 0 spiro atoms. The van der Waals surface area contributed by atoms with Crippen LogP contribution in [0.3, 0.4) is 0 Å². The zero-order valence-corrected chi connectivity index (χ0v) is 16.0. The second kappa shape index (κ2) is 7.39. The maximum atomic E-state index is 12.3. The van der Waals surface area contributed by atoms with E-state index in [1.807, 2.05) is 32.0 Å². The van der Waals surface area contributed by atoms with E-state index in [0.717, 1.165) is 21.9 Å². The normalized spacial score (nSPS) is 20.4. The third-order valence-corrected chi connectivity index (χ3v) is 5.54. The maximum Gasteiger partial charge on any atom is 0.325 e. The molecular weight excluding hydrogens is 334 g/mol. The number of nitrogens with one attached hydrogen (secondary N) is 2. The first kappa shape index (κ1) is 17.7. The fourth-order valence-electron chi connectivity index (χ4n) is 3.29. The van der Waals surface area contributed by atoms with Crippen LogP contribution < -0.4 is 15.5 Å². The van der Waals surface area contributed by atoms with Crippen molar-refractivity contribution in [1.29, 1.82) is 0 Å². The Balaban J connectivity index is 1.66. The lowest BCUT2D eigenvalue weighted by Gasteiger charge is -2.38. The standard InChI is InChI=1S/C18H25N5OS/c1-11-8-9-12(2)15(10-11)19-16(24)20-17-21-22-18(25-17)23-13(3)6-5-7-14(23)4/h8-10,13-14H,5-7H2,1-4H3,(H2,19,20,21,24). The Labute approximate surface area is 152 Å². The van der Waals surface area contributed by atoms with Crippen LogP contribution in [0.15, 0.2) is 18.2 Å². The molecule has 2 amide bonds. The Hall–Kier alpha value is -2.15. The summed E-state index contributed by atoms with van der Waals surface area (Å²) in [4.78, 5) is 14.6. The minimum Gasteiger partial charge on any atom is -0.341 e. The molecule has 0 radical (unpaired) electrons. The molecule has 3 rings (SSSR count). The topological polar surface area (TPSA) is 70.1 Å². The first-order chi connectivity index (χ1) is 11.9. The van der Waals surface area contributed by atoms with Crippen LogP contribution >= 0.6 is 11.3 Å². The SMILES string of the molecule is Cc1ccc(C)c(NC(=O)Nc2nnc(N3C(C)CCCC3C)s2)c1. The van der Waals surface area contributed by atoms with Gasteiger partial charge in [0.2, 0.25) is 10.3 Å². The Morgan fingerprint density at radius 3 is 2.60 bits per heavy atom. The average Bonchev–Trinajstić information content (AvgIpc) is 2.98. The molecule has 1 aromatic heterocycles. The van der Waals surface area contributed by atoms with Gasteiger partial charge in [-0.25, -0.2) is 4.79 Å². The number of hydrogen-bond donors (Lipinski definition) is 2. The van der Waals surface area contributed by atoms with Crippen LogP contribution in [0, 0.1) is 13.8 Å². The molecule has 2 atom stereocenters. The quantitative estimate of drug-likeness (QED) is 0.842. The number of carbonyl (C=O) groups is 1. The van der Waals surface area contributed by atoms with Crippen LogP contribution in [0.2, 0.25) is 0 Å². The molecule has 0 saturated carbocycles. The highest BCUT2D eigenvalue weighted by atomic mass is 32.1. The van der Waals surface area contributed by atoms with Crippen molar-refractivity contribution in [3.8, 4) is 0 Å². The third kappa shape index (κ3) is 4.10. The van der Waals surface area contributed by atoms with Crippen molar-refractivity contribution < 1.29 is 4.79 Å². The minimum atomic E-state index is -0.295. The van der Waals surface area contributed by atoms with Gasteiger partial charge < -0.3 is 10.2 Å². The first-order valence-corrected chi connectivity index (χ1v) is 9.53. The lowest BCUT2D eigenvalue weighted by molar-refractivity contribution is 0.262. The number of amides is 2. The van der Waals surface area contributed by atoms with Crippen LogP contribution in [0.1, 0.15) is 44.2 Å². The van der Waals surface area contributed by atoms with Gasteiger partial charge in [-0.05, 0) is 64.2 Å². The number of benzene rings is 1. The van der Waals surface area contributed by atoms with Crippen molar-refractivity contribution in [1.82, 2.24) is 10.2 Å². The summed E-state index contributed by atoms with van der Waals surface area (Å²) in [5.74, 6) is 0. The van der Waals surface area contributed by atoms with Gasteiger partial charge in [0.1, 0.15) is 0 Å². The van der Waals surface area contributed by atoms with E-state index in [9.17, 15) is 4.79 Å². The molecule has 1 fully saturated rings. The van der Waals surface area contributed by atoms with Gasteiger partial charge in [-0.1, -0.05) is 23.5 Å². The summed E-state index contributed by atoms with van der Waals surface area (Å²) in [7, 11) is 0. The number of urea groups is 1. The van der Waals surface area contributed by atoms with Crippen LogP contribution in [-0.4, -0.2) is 28.3 Å². The largest absolute Gasteiger partial charge is 0.341 e. The van der Waals surface area contributed by atoms with Crippen molar-refractivity contribution in [3.05, 3.63) is 29.3 Å². The fourth-order valence-corrected chi connectivity index (χ4v) is 4.24. The predicted octanol–water partition coefficient (Wildman–Crippen LogP) is 4.57. The van der Waals surface area contributed by atoms with Crippen molar-refractivity contribution in [2.45, 2.75) is 59.0 Å². The second-order valence-electron chi connectivity index (χ2n) is 6.82. The molecule has 2 heterocycles. The summed E-state index contributed by atoms with van der Waals surface area (Å²) in [5, 5.41) is 15.5. The fraction of sp³-hybridized carbons (Fsp3) is 0.500. The molecular formula is C18H25N5OS. The van der Waals surface area contributed by atoms with E-state index in [1.165, 1.54) is 30.6 Å². The Kier molecular flexibility index (Phi) is 5.22. The van der Waals surface area contributed by atoms with E-state index in [4.69, 9.17) is 0 Å². The summed E-state index contributed by atoms with van der Waals surface area (Å²) in [6.07, 6.45) is 3.58. The lowest BCUT2D eigenvalue weighted by Crippen LogP contribution is -2.43. The van der Waals surface area contributed by atoms with E-state index in [1.54, 1.807) is 0 Å². The highest BCUT2D eigenvalue weighted by molar-refractivity contribution is 7.19. The van der Waals surface area contributed by atoms with Crippen molar-refractivity contribution in [2.75, 3.05) is 15.5 Å². The van der Waals surface area contributed by atoms with Gasteiger partial charge >= 0.3 is 6.03 Å². The van der Waals surface area contributed by atoms with Crippen molar-refractivity contribution in [2.24, 2.45) is 0 Å². The molecule has 7 heteroatoms. The molecule has 0 bridgehead atoms. The number of piperidine rings is 1. The molecule has 1 saturated heterocycles. The Morgan fingerprint density at radius 2 is 1.88 bits per heavy atom. The van der Waals surface area contributed by atoms with Crippen molar-refractivity contribution >= 4 is 33.3 Å². The van der Waals surface area contributed by atoms with E-state index in [2.05, 4.69) is 39.6 Å². The molecule has 2 N–H and O–H groups in total. The zero-order chi connectivity index (χ0) is 18.0. The number of hydrogen-bond acceptors (Lipinski definition) is 5. The lowest BCUT2D eigenvalue weighted by atomic mass is 9.98. The molecule has 25 heavy (non-hydrogen) atoms. The number of aromatic nitrogens is 2. The van der Waals surface area contributed by atoms with Gasteiger partial charge in [-0.2, -0.15) is 0 Å². The monoisotopic (exact) mass is 359 g/mol. The molecule has 0 aliphatic carbocycles. The number of aryl methyl sites for hydroxylation is 2. The molecule has 2 unspecified atom stereocenters. The van der Waals surface area contributed by atoms with E-state index in [0.29, 0.717) is 17.2 Å². The van der Waals surface area contributed by atoms with E-state index in [-0.39, 0.29) is 6.03 Å². The summed E-state index contributed by atoms with van der Waals surface area (Å²) in [5.41, 5.74) is 2.93. The van der Waals surface area contributed by atoms with Gasteiger partial charge in [0.25, 0.3) is 0 Å². The molecule has 1 aliphatic heterocycles. The summed E-state index contributed by atoms with van der Waals surface area (Å²) in [6, 6.07) is 6.58. The predicted molar refractivity (Wildman–Crippen MR) is 104 cm³/mol. The molecule has 6 nitrogen and oxygen atoms in total. The van der Waals surface area contributed by atoms with Crippen molar-refractivity contribution in [3.63, 3.8) is 0 Å². The van der Waals surface area contributed by atoms with Gasteiger partial charge in [-0.3, -0.25) is 5.32 Å². The third-order valence-electron chi connectivity index (χ3n) is 4.69. The van der Waals surface area contributed by atoms with E-state index < -0.39 is 0 Å². The Morgan fingerprint density at radius 1 is 1.16 bits per heavy atom. The molecule has 134 valence electrons. The Bertz CT molecular complexity index is 750. The van der Waals surface area contributed by atoms with Gasteiger partial charge in [0.05, 0.1) is 0 Å². The number of rotatable bonds is 3. The minimum absolute atomic E-state index is 0.295. The van der Waals surface area contributed by atoms with Crippen LogP contribution in [-0.2, 0) is 0 Å². The van der Waals surface area contributed by atoms with E-state index >= 15 is 0 Å². The zero-order valence-electron chi connectivity index (χ0n) is 15.2. The highest BCUT2D eigenvalue weighted by Gasteiger charge is 2.27. The smallest absolute Gasteiger partial charge is 0.325 e. The maximum absolute atomic E-state index is 12.3. The van der Waals surface area contributed by atoms with Crippen LogP contribution in [0.5, 0.6) is 0 Å². The molecule has 1 aliphatic rings. The highest BCUT2D eigenvalue weighted by Crippen LogP contribution is 2.32. The molecule has 1 aromatic carbocycles.